The zero-order valence-electron chi connectivity index (χ0n) is 8.82. The van der Waals surface area contributed by atoms with Crippen LogP contribution in [0.4, 0.5) is 5.82 Å². The first kappa shape index (κ1) is 10.1. The fraction of sp³-hybridized carbons (Fsp3) is 0.273. The van der Waals surface area contributed by atoms with Gasteiger partial charge in [-0.25, -0.2) is 9.97 Å². The number of hydrogen-bond acceptors (Lipinski definition) is 4. The van der Waals surface area contributed by atoms with E-state index in [1.165, 1.54) is 0 Å². The fourth-order valence-corrected chi connectivity index (χ4v) is 2.16. The number of nitrogens with zero attached hydrogens (tertiary/aromatic N) is 2. The van der Waals surface area contributed by atoms with Crippen molar-refractivity contribution in [3.05, 3.63) is 28.9 Å². The van der Waals surface area contributed by atoms with E-state index in [9.17, 15) is 0 Å². The molecule has 0 aliphatic rings. The minimum atomic E-state index is 0.588. The third-order valence-corrected chi connectivity index (χ3v) is 3.18. The van der Waals surface area contributed by atoms with Crippen molar-refractivity contribution < 1.29 is 0 Å². The largest absolute Gasteiger partial charge is 0.383 e. The summed E-state index contributed by atoms with van der Waals surface area (Å²) in [6, 6.07) is 4.07. The van der Waals surface area contributed by atoms with Crippen LogP contribution in [0.2, 0.25) is 0 Å². The molecule has 2 aromatic rings. The zero-order valence-corrected chi connectivity index (χ0v) is 9.64. The Labute approximate surface area is 93.0 Å². The summed E-state index contributed by atoms with van der Waals surface area (Å²) in [7, 11) is 0. The van der Waals surface area contributed by atoms with Gasteiger partial charge in [0.25, 0.3) is 0 Å². The van der Waals surface area contributed by atoms with E-state index in [-0.39, 0.29) is 0 Å². The average molecular weight is 219 g/mol. The van der Waals surface area contributed by atoms with Gasteiger partial charge in [-0.3, -0.25) is 0 Å². The molecule has 2 heterocycles. The second-order valence-corrected chi connectivity index (χ2v) is 4.28. The summed E-state index contributed by atoms with van der Waals surface area (Å²) in [6.07, 6.45) is 0.808. The van der Waals surface area contributed by atoms with Gasteiger partial charge in [0.05, 0.1) is 10.6 Å². The number of anilines is 1. The summed E-state index contributed by atoms with van der Waals surface area (Å²) in [5.74, 6) is 1.40. The smallest absolute Gasteiger partial charge is 0.131 e. The molecule has 0 aromatic carbocycles. The highest BCUT2D eigenvalue weighted by atomic mass is 32.1. The topological polar surface area (TPSA) is 51.8 Å². The van der Waals surface area contributed by atoms with Gasteiger partial charge in [-0.1, -0.05) is 13.0 Å². The number of thiophene rings is 1. The third-order valence-electron chi connectivity index (χ3n) is 2.30. The second-order valence-electron chi connectivity index (χ2n) is 3.33. The van der Waals surface area contributed by atoms with Gasteiger partial charge >= 0.3 is 0 Å². The van der Waals surface area contributed by atoms with E-state index in [2.05, 4.69) is 16.0 Å². The highest BCUT2D eigenvalue weighted by Crippen LogP contribution is 2.28. The molecule has 2 rings (SSSR count). The van der Waals surface area contributed by atoms with E-state index in [1.807, 2.05) is 25.3 Å². The molecule has 0 unspecified atom stereocenters. The molecule has 0 saturated heterocycles. The van der Waals surface area contributed by atoms with Crippen molar-refractivity contribution in [2.45, 2.75) is 20.3 Å². The number of nitrogens with two attached hydrogens (primary N) is 1. The van der Waals surface area contributed by atoms with E-state index in [0.717, 1.165) is 28.4 Å². The predicted octanol–water partition coefficient (Wildman–Crippen LogP) is 2.66. The summed E-state index contributed by atoms with van der Waals surface area (Å²) in [6.45, 7) is 3.99. The standard InChI is InChI=1S/C11H13N3S/c1-3-9-13-10(7(2)11(12)14-9)8-5-4-6-15-8/h4-6H,3H2,1-2H3,(H2,12,13,14). The first-order valence-corrected chi connectivity index (χ1v) is 5.77. The van der Waals surface area contributed by atoms with E-state index in [1.54, 1.807) is 11.3 Å². The van der Waals surface area contributed by atoms with Crippen LogP contribution in [0.25, 0.3) is 10.6 Å². The molecule has 0 amide bonds. The number of rotatable bonds is 2. The second kappa shape index (κ2) is 3.98. The summed E-state index contributed by atoms with van der Waals surface area (Å²) in [5.41, 5.74) is 7.79. The van der Waals surface area contributed by atoms with Crippen molar-refractivity contribution in [1.82, 2.24) is 9.97 Å². The van der Waals surface area contributed by atoms with E-state index < -0.39 is 0 Å². The number of aromatic nitrogens is 2. The Morgan fingerprint density at radius 3 is 2.80 bits per heavy atom. The van der Waals surface area contributed by atoms with Crippen LogP contribution in [0.5, 0.6) is 0 Å². The Hall–Kier alpha value is -1.42. The van der Waals surface area contributed by atoms with E-state index >= 15 is 0 Å². The lowest BCUT2D eigenvalue weighted by Crippen LogP contribution is -2.03. The molecule has 3 nitrogen and oxygen atoms in total. The molecule has 0 atom stereocenters. The van der Waals surface area contributed by atoms with Gasteiger partial charge in [0.1, 0.15) is 11.6 Å². The molecular formula is C11H13N3S. The van der Waals surface area contributed by atoms with Crippen LogP contribution in [0.1, 0.15) is 18.3 Å². The maximum atomic E-state index is 5.86. The lowest BCUT2D eigenvalue weighted by atomic mass is 10.2. The van der Waals surface area contributed by atoms with Gasteiger partial charge in [0.15, 0.2) is 0 Å². The highest BCUT2D eigenvalue weighted by Gasteiger charge is 2.10. The van der Waals surface area contributed by atoms with Gasteiger partial charge < -0.3 is 5.73 Å². The van der Waals surface area contributed by atoms with Crippen LogP contribution in [0, 0.1) is 6.92 Å². The first-order valence-electron chi connectivity index (χ1n) is 4.89. The summed E-state index contributed by atoms with van der Waals surface area (Å²) in [4.78, 5) is 9.90. The van der Waals surface area contributed by atoms with Gasteiger partial charge in [-0.15, -0.1) is 11.3 Å². The Bertz CT molecular complexity index is 463. The predicted molar refractivity (Wildman–Crippen MR) is 63.9 cm³/mol. The lowest BCUT2D eigenvalue weighted by Gasteiger charge is -2.07. The molecule has 0 spiro atoms. The first-order chi connectivity index (χ1) is 7.22. The molecule has 2 N–H and O–H groups in total. The van der Waals surface area contributed by atoms with E-state index in [4.69, 9.17) is 5.73 Å². The molecule has 2 aromatic heterocycles. The minimum absolute atomic E-state index is 0.588. The van der Waals surface area contributed by atoms with Crippen LogP contribution < -0.4 is 5.73 Å². The van der Waals surface area contributed by atoms with Crippen LogP contribution >= 0.6 is 11.3 Å². The Kier molecular flexibility index (Phi) is 2.68. The highest BCUT2D eigenvalue weighted by molar-refractivity contribution is 7.13. The molecule has 78 valence electrons. The SMILES string of the molecule is CCc1nc(N)c(C)c(-c2cccs2)n1. The fourth-order valence-electron chi connectivity index (χ4n) is 1.39. The number of nitrogen functional groups attached to an aromatic ring is 1. The van der Waals surface area contributed by atoms with Crippen molar-refractivity contribution in [1.29, 1.82) is 0 Å². The molecule has 0 bridgehead atoms. The molecule has 0 fully saturated rings. The van der Waals surface area contributed by atoms with Gasteiger partial charge in [0.2, 0.25) is 0 Å². The molecule has 0 radical (unpaired) electrons. The summed E-state index contributed by atoms with van der Waals surface area (Å²) in [5, 5.41) is 2.04. The Balaban J connectivity index is 2.60. The van der Waals surface area contributed by atoms with Crippen molar-refractivity contribution in [3.63, 3.8) is 0 Å². The van der Waals surface area contributed by atoms with Gasteiger partial charge in [-0.05, 0) is 18.4 Å². The van der Waals surface area contributed by atoms with Crippen molar-refractivity contribution in [2.75, 3.05) is 5.73 Å². The van der Waals surface area contributed by atoms with E-state index in [0.29, 0.717) is 5.82 Å². The molecule has 0 aliphatic carbocycles. The maximum Gasteiger partial charge on any atom is 0.131 e. The van der Waals surface area contributed by atoms with Crippen LogP contribution in [0.15, 0.2) is 17.5 Å². The average Bonchev–Trinajstić information content (AvgIpc) is 2.75. The quantitative estimate of drug-likeness (QED) is 0.844. The van der Waals surface area contributed by atoms with Crippen molar-refractivity contribution in [2.24, 2.45) is 0 Å². The Morgan fingerprint density at radius 1 is 1.40 bits per heavy atom. The van der Waals surface area contributed by atoms with Crippen LogP contribution in [-0.4, -0.2) is 9.97 Å². The van der Waals surface area contributed by atoms with Crippen LogP contribution in [-0.2, 0) is 6.42 Å². The molecule has 0 saturated carbocycles. The molecule has 0 aliphatic heterocycles. The van der Waals surface area contributed by atoms with Crippen molar-refractivity contribution >= 4 is 17.2 Å². The minimum Gasteiger partial charge on any atom is -0.383 e. The van der Waals surface area contributed by atoms with Crippen molar-refractivity contribution in [3.8, 4) is 10.6 Å². The zero-order chi connectivity index (χ0) is 10.8. The van der Waals surface area contributed by atoms with Crippen LogP contribution in [0.3, 0.4) is 0 Å². The van der Waals surface area contributed by atoms with Gasteiger partial charge in [0, 0.05) is 12.0 Å². The number of aryl methyl sites for hydroxylation is 1. The molecular weight excluding hydrogens is 206 g/mol. The monoisotopic (exact) mass is 219 g/mol. The summed E-state index contributed by atoms with van der Waals surface area (Å²) < 4.78 is 0. The van der Waals surface area contributed by atoms with Gasteiger partial charge in [-0.2, -0.15) is 0 Å². The Morgan fingerprint density at radius 2 is 2.20 bits per heavy atom. The number of hydrogen-bond donors (Lipinski definition) is 1. The summed E-state index contributed by atoms with van der Waals surface area (Å²) >= 11 is 1.67. The molecule has 4 heteroatoms. The lowest BCUT2D eigenvalue weighted by molar-refractivity contribution is 0.941. The normalized spacial score (nSPS) is 10.5. The third kappa shape index (κ3) is 1.85. The molecule has 15 heavy (non-hydrogen) atoms. The maximum absolute atomic E-state index is 5.86.